The van der Waals surface area contributed by atoms with Crippen molar-refractivity contribution in [2.75, 3.05) is 12.4 Å². The summed E-state index contributed by atoms with van der Waals surface area (Å²) >= 11 is 0. The normalized spacial score (nSPS) is 11.7. The van der Waals surface area contributed by atoms with Crippen LogP contribution in [0, 0.1) is 0 Å². The Balaban J connectivity index is 1.88. The zero-order valence-electron chi connectivity index (χ0n) is 12.1. The van der Waals surface area contributed by atoms with Crippen molar-refractivity contribution in [2.45, 2.75) is 19.0 Å². The summed E-state index contributed by atoms with van der Waals surface area (Å²) in [6.07, 6.45) is 0.478. The van der Waals surface area contributed by atoms with Crippen LogP contribution in [0.3, 0.4) is 0 Å². The second-order valence-electron chi connectivity index (χ2n) is 4.87. The Morgan fingerprint density at radius 2 is 1.76 bits per heavy atom. The number of anilines is 1. The molecule has 0 aromatic heterocycles. The molecule has 0 saturated carbocycles. The number of esters is 1. The molecule has 4 heteroatoms. The second kappa shape index (κ2) is 7.45. The number of carbonyl (C=O) groups is 1. The van der Waals surface area contributed by atoms with Gasteiger partial charge in [0.05, 0.1) is 7.11 Å². The van der Waals surface area contributed by atoms with Gasteiger partial charge in [0.15, 0.2) is 0 Å². The van der Waals surface area contributed by atoms with E-state index in [-0.39, 0.29) is 5.97 Å². The van der Waals surface area contributed by atoms with Gasteiger partial charge in [-0.1, -0.05) is 42.5 Å². The molecule has 0 saturated heterocycles. The lowest BCUT2D eigenvalue weighted by Gasteiger charge is -2.10. The van der Waals surface area contributed by atoms with Crippen molar-refractivity contribution in [1.82, 2.24) is 0 Å². The van der Waals surface area contributed by atoms with Gasteiger partial charge in [-0.3, -0.25) is 4.79 Å². The molecule has 2 aromatic carbocycles. The third-order valence-electron chi connectivity index (χ3n) is 3.25. The molecule has 0 aliphatic carbocycles. The smallest absolute Gasteiger partial charge is 0.322 e. The molecular weight excluding hydrogens is 264 g/mol. The van der Waals surface area contributed by atoms with Crippen LogP contribution in [0.15, 0.2) is 54.6 Å². The highest BCUT2D eigenvalue weighted by Gasteiger charge is 2.13. The van der Waals surface area contributed by atoms with E-state index in [1.807, 2.05) is 42.5 Å². The Kier molecular flexibility index (Phi) is 5.35. The minimum absolute atomic E-state index is 0.388. The molecule has 2 rings (SSSR count). The minimum atomic E-state index is -0.613. The molecular formula is C17H20N2O2. The number of hydrogen-bond donors (Lipinski definition) is 2. The molecule has 0 aliphatic heterocycles. The quantitative estimate of drug-likeness (QED) is 0.799. The molecule has 0 amide bonds. The molecule has 0 fully saturated rings. The highest BCUT2D eigenvalue weighted by Crippen LogP contribution is 2.12. The van der Waals surface area contributed by atoms with E-state index in [4.69, 9.17) is 5.73 Å². The highest BCUT2D eigenvalue weighted by molar-refractivity contribution is 5.75. The predicted molar refractivity (Wildman–Crippen MR) is 83.9 cm³/mol. The molecule has 0 bridgehead atoms. The maximum Gasteiger partial charge on any atom is 0.322 e. The lowest BCUT2D eigenvalue weighted by atomic mass is 10.1. The van der Waals surface area contributed by atoms with Gasteiger partial charge in [-0.05, 0) is 29.7 Å². The Morgan fingerprint density at radius 1 is 1.10 bits per heavy atom. The van der Waals surface area contributed by atoms with Crippen LogP contribution in [-0.2, 0) is 22.5 Å². The molecule has 2 aromatic rings. The predicted octanol–water partition coefficient (Wildman–Crippen LogP) is 2.34. The molecule has 21 heavy (non-hydrogen) atoms. The Labute approximate surface area is 124 Å². The van der Waals surface area contributed by atoms with Gasteiger partial charge < -0.3 is 15.8 Å². The average molecular weight is 284 g/mol. The number of hydrogen-bond acceptors (Lipinski definition) is 4. The molecule has 0 aliphatic rings. The van der Waals surface area contributed by atoms with Gasteiger partial charge >= 0.3 is 5.97 Å². The molecule has 0 radical (unpaired) electrons. The zero-order chi connectivity index (χ0) is 15.1. The van der Waals surface area contributed by atoms with Crippen molar-refractivity contribution in [2.24, 2.45) is 5.73 Å². The maximum absolute atomic E-state index is 11.3. The monoisotopic (exact) mass is 284 g/mol. The summed E-state index contributed by atoms with van der Waals surface area (Å²) in [5.41, 5.74) is 9.02. The first kappa shape index (κ1) is 15.1. The lowest BCUT2D eigenvalue weighted by Crippen LogP contribution is -2.33. The third kappa shape index (κ3) is 4.61. The summed E-state index contributed by atoms with van der Waals surface area (Å²) < 4.78 is 4.62. The number of ether oxygens (including phenoxy) is 1. The number of benzene rings is 2. The van der Waals surface area contributed by atoms with E-state index in [0.29, 0.717) is 6.42 Å². The fraction of sp³-hybridized carbons (Fsp3) is 0.235. The van der Waals surface area contributed by atoms with Gasteiger partial charge in [0, 0.05) is 12.2 Å². The molecule has 4 nitrogen and oxygen atoms in total. The van der Waals surface area contributed by atoms with Crippen molar-refractivity contribution in [3.05, 3.63) is 65.7 Å². The van der Waals surface area contributed by atoms with E-state index < -0.39 is 6.04 Å². The second-order valence-corrected chi connectivity index (χ2v) is 4.87. The number of rotatable bonds is 6. The summed E-state index contributed by atoms with van der Waals surface area (Å²) in [5.74, 6) is -0.388. The summed E-state index contributed by atoms with van der Waals surface area (Å²) in [6.45, 7) is 0.780. The van der Waals surface area contributed by atoms with E-state index in [0.717, 1.165) is 17.8 Å². The first-order chi connectivity index (χ1) is 10.2. The van der Waals surface area contributed by atoms with Gasteiger partial charge in [-0.2, -0.15) is 0 Å². The van der Waals surface area contributed by atoms with Crippen LogP contribution in [0.4, 0.5) is 5.69 Å². The van der Waals surface area contributed by atoms with Crippen LogP contribution in [0.1, 0.15) is 11.1 Å². The topological polar surface area (TPSA) is 64.3 Å². The largest absolute Gasteiger partial charge is 0.468 e. The standard InChI is InChI=1S/C17H20N2O2/c1-21-17(20)16(18)11-13-7-9-15(10-8-13)19-12-14-5-3-2-4-6-14/h2-10,16,19H,11-12,18H2,1H3. The number of nitrogens with one attached hydrogen (secondary N) is 1. The van der Waals surface area contributed by atoms with Crippen molar-refractivity contribution < 1.29 is 9.53 Å². The molecule has 0 heterocycles. The fourth-order valence-corrected chi connectivity index (χ4v) is 2.05. The van der Waals surface area contributed by atoms with Crippen molar-refractivity contribution >= 4 is 11.7 Å². The summed E-state index contributed by atoms with van der Waals surface area (Å²) in [4.78, 5) is 11.3. The zero-order valence-corrected chi connectivity index (χ0v) is 12.1. The van der Waals surface area contributed by atoms with E-state index in [9.17, 15) is 4.79 Å². The minimum Gasteiger partial charge on any atom is -0.468 e. The van der Waals surface area contributed by atoms with Crippen LogP contribution in [0.2, 0.25) is 0 Å². The van der Waals surface area contributed by atoms with E-state index in [1.54, 1.807) is 0 Å². The first-order valence-electron chi connectivity index (χ1n) is 6.89. The van der Waals surface area contributed by atoms with Crippen LogP contribution >= 0.6 is 0 Å². The summed E-state index contributed by atoms with van der Waals surface area (Å²) in [7, 11) is 1.35. The molecule has 1 unspecified atom stereocenters. The third-order valence-corrected chi connectivity index (χ3v) is 3.25. The number of methoxy groups -OCH3 is 1. The van der Waals surface area contributed by atoms with E-state index in [1.165, 1.54) is 12.7 Å². The number of carbonyl (C=O) groups excluding carboxylic acids is 1. The van der Waals surface area contributed by atoms with E-state index >= 15 is 0 Å². The Morgan fingerprint density at radius 3 is 2.38 bits per heavy atom. The molecule has 0 spiro atoms. The SMILES string of the molecule is COC(=O)C(N)Cc1ccc(NCc2ccccc2)cc1. The maximum atomic E-state index is 11.3. The van der Waals surface area contributed by atoms with Crippen LogP contribution in [0.5, 0.6) is 0 Å². The van der Waals surface area contributed by atoms with Gasteiger partial charge in [0.2, 0.25) is 0 Å². The van der Waals surface area contributed by atoms with E-state index in [2.05, 4.69) is 22.2 Å². The van der Waals surface area contributed by atoms with Crippen molar-refractivity contribution in [3.63, 3.8) is 0 Å². The summed E-state index contributed by atoms with van der Waals surface area (Å²) in [5, 5.41) is 3.35. The fourth-order valence-electron chi connectivity index (χ4n) is 2.05. The highest BCUT2D eigenvalue weighted by atomic mass is 16.5. The molecule has 1 atom stereocenters. The lowest BCUT2D eigenvalue weighted by molar-refractivity contribution is -0.142. The average Bonchev–Trinajstić information content (AvgIpc) is 2.54. The Bertz CT molecular complexity index is 567. The Hall–Kier alpha value is -2.33. The van der Waals surface area contributed by atoms with Crippen LogP contribution in [-0.4, -0.2) is 19.1 Å². The van der Waals surface area contributed by atoms with Crippen molar-refractivity contribution in [1.29, 1.82) is 0 Å². The molecule has 110 valence electrons. The van der Waals surface area contributed by atoms with Crippen molar-refractivity contribution in [3.8, 4) is 0 Å². The van der Waals surface area contributed by atoms with Gasteiger partial charge in [-0.25, -0.2) is 0 Å². The van der Waals surface area contributed by atoms with Gasteiger partial charge in [0.1, 0.15) is 6.04 Å². The van der Waals surface area contributed by atoms with Crippen LogP contribution in [0.25, 0.3) is 0 Å². The number of nitrogens with two attached hydrogens (primary N) is 1. The first-order valence-corrected chi connectivity index (χ1v) is 6.89. The summed E-state index contributed by atoms with van der Waals surface area (Å²) in [6, 6.07) is 17.5. The molecule has 3 N–H and O–H groups in total. The van der Waals surface area contributed by atoms with Crippen LogP contribution < -0.4 is 11.1 Å². The van der Waals surface area contributed by atoms with Gasteiger partial charge in [-0.15, -0.1) is 0 Å². The van der Waals surface area contributed by atoms with Gasteiger partial charge in [0.25, 0.3) is 0 Å².